The third-order valence-electron chi connectivity index (χ3n) is 2.82. The molecule has 0 fully saturated rings. The second-order valence-electron chi connectivity index (χ2n) is 4.54. The van der Waals surface area contributed by atoms with E-state index in [0.29, 0.717) is 5.56 Å². The van der Waals surface area contributed by atoms with E-state index in [1.54, 1.807) is 18.2 Å². The van der Waals surface area contributed by atoms with Gasteiger partial charge in [0, 0.05) is 11.3 Å². The summed E-state index contributed by atoms with van der Waals surface area (Å²) in [4.78, 5) is 11.7. The molecule has 2 N–H and O–H groups in total. The lowest BCUT2D eigenvalue weighted by Crippen LogP contribution is -2.18. The quantitative estimate of drug-likeness (QED) is 0.879. The van der Waals surface area contributed by atoms with Gasteiger partial charge in [0.05, 0.1) is 6.61 Å². The van der Waals surface area contributed by atoms with Crippen LogP contribution in [0.5, 0.6) is 5.75 Å². The van der Waals surface area contributed by atoms with Crippen LogP contribution >= 0.6 is 0 Å². The molecule has 0 atom stereocenters. The molecule has 0 bridgehead atoms. The Balaban J connectivity index is 1.78. The Morgan fingerprint density at radius 2 is 1.85 bits per heavy atom. The highest BCUT2D eigenvalue weighted by molar-refractivity contribution is 5.91. The molecule has 0 saturated heterocycles. The number of nitrogens with one attached hydrogen (secondary N) is 1. The summed E-state index contributed by atoms with van der Waals surface area (Å²) in [6.07, 6.45) is 0. The van der Waals surface area contributed by atoms with Crippen molar-refractivity contribution in [1.29, 1.82) is 0 Å². The molecular weight excluding hydrogens is 254 g/mol. The van der Waals surface area contributed by atoms with Crippen LogP contribution in [-0.4, -0.2) is 17.6 Å². The SMILES string of the molecule is Cc1ccc(NC(=O)COCc2ccccc2O)cc1. The largest absolute Gasteiger partial charge is 0.508 e. The zero-order valence-electron chi connectivity index (χ0n) is 11.3. The van der Waals surface area contributed by atoms with Gasteiger partial charge in [0.2, 0.25) is 5.91 Å². The van der Waals surface area contributed by atoms with Crippen LogP contribution in [0, 0.1) is 6.92 Å². The first-order valence-corrected chi connectivity index (χ1v) is 6.36. The van der Waals surface area contributed by atoms with E-state index in [9.17, 15) is 9.90 Å². The molecule has 2 aromatic carbocycles. The monoisotopic (exact) mass is 271 g/mol. The first-order valence-electron chi connectivity index (χ1n) is 6.36. The molecule has 4 heteroatoms. The molecule has 0 saturated carbocycles. The topological polar surface area (TPSA) is 58.6 Å². The Hall–Kier alpha value is -2.33. The number of ether oxygens (including phenoxy) is 1. The molecule has 2 rings (SSSR count). The van der Waals surface area contributed by atoms with Gasteiger partial charge in [-0.25, -0.2) is 0 Å². The van der Waals surface area contributed by atoms with Gasteiger partial charge in [0.1, 0.15) is 12.4 Å². The maximum atomic E-state index is 11.7. The molecule has 0 spiro atoms. The number of amides is 1. The zero-order chi connectivity index (χ0) is 14.4. The summed E-state index contributed by atoms with van der Waals surface area (Å²) in [5.74, 6) is -0.0456. The number of anilines is 1. The summed E-state index contributed by atoms with van der Waals surface area (Å²) in [5.41, 5.74) is 2.54. The third kappa shape index (κ3) is 4.10. The normalized spacial score (nSPS) is 10.2. The van der Waals surface area contributed by atoms with E-state index in [-0.39, 0.29) is 24.9 Å². The predicted octanol–water partition coefficient (Wildman–Crippen LogP) is 2.86. The molecule has 20 heavy (non-hydrogen) atoms. The smallest absolute Gasteiger partial charge is 0.250 e. The fourth-order valence-electron chi connectivity index (χ4n) is 1.72. The maximum Gasteiger partial charge on any atom is 0.250 e. The molecule has 0 aliphatic heterocycles. The van der Waals surface area contributed by atoms with E-state index < -0.39 is 0 Å². The van der Waals surface area contributed by atoms with Crippen LogP contribution in [0.3, 0.4) is 0 Å². The summed E-state index contributed by atoms with van der Waals surface area (Å²) < 4.78 is 5.29. The molecule has 1 amide bonds. The Bertz CT molecular complexity index is 579. The molecular formula is C16H17NO3. The summed E-state index contributed by atoms with van der Waals surface area (Å²) in [5, 5.41) is 12.3. The highest BCUT2D eigenvalue weighted by Gasteiger charge is 2.04. The number of phenols is 1. The number of para-hydroxylation sites is 1. The second kappa shape index (κ2) is 6.73. The summed E-state index contributed by atoms with van der Waals surface area (Å²) in [7, 11) is 0. The zero-order valence-corrected chi connectivity index (χ0v) is 11.3. The molecule has 0 radical (unpaired) electrons. The number of aromatic hydroxyl groups is 1. The molecule has 0 aliphatic carbocycles. The van der Waals surface area contributed by atoms with E-state index in [4.69, 9.17) is 4.74 Å². The van der Waals surface area contributed by atoms with Crippen molar-refractivity contribution < 1.29 is 14.6 Å². The summed E-state index contributed by atoms with van der Waals surface area (Å²) in [6, 6.07) is 14.4. The maximum absolute atomic E-state index is 11.7. The molecule has 4 nitrogen and oxygen atoms in total. The standard InChI is InChI=1S/C16H17NO3/c1-12-6-8-14(9-7-12)17-16(19)11-20-10-13-4-2-3-5-15(13)18/h2-9,18H,10-11H2,1H3,(H,17,19). The van der Waals surface area contributed by atoms with Gasteiger partial charge in [-0.1, -0.05) is 35.9 Å². The minimum Gasteiger partial charge on any atom is -0.508 e. The number of benzene rings is 2. The van der Waals surface area contributed by atoms with Crippen LogP contribution in [0.25, 0.3) is 0 Å². The Kier molecular flexibility index (Phi) is 4.74. The van der Waals surface area contributed by atoms with Gasteiger partial charge < -0.3 is 15.2 Å². The molecule has 0 aromatic heterocycles. The van der Waals surface area contributed by atoms with Crippen molar-refractivity contribution in [2.24, 2.45) is 0 Å². The number of hydrogen-bond donors (Lipinski definition) is 2. The van der Waals surface area contributed by atoms with Crippen LogP contribution in [0.15, 0.2) is 48.5 Å². The molecule has 0 aliphatic rings. The van der Waals surface area contributed by atoms with Crippen LogP contribution in [0.2, 0.25) is 0 Å². The van der Waals surface area contributed by atoms with Crippen LogP contribution < -0.4 is 5.32 Å². The fourth-order valence-corrected chi connectivity index (χ4v) is 1.72. The van der Waals surface area contributed by atoms with E-state index in [1.807, 2.05) is 37.3 Å². The number of carbonyl (C=O) groups excluding carboxylic acids is 1. The van der Waals surface area contributed by atoms with Gasteiger partial charge in [0.25, 0.3) is 0 Å². The lowest BCUT2D eigenvalue weighted by atomic mass is 10.2. The van der Waals surface area contributed by atoms with Crippen molar-refractivity contribution in [2.45, 2.75) is 13.5 Å². The molecule has 104 valence electrons. The van der Waals surface area contributed by atoms with Crippen LogP contribution in [0.1, 0.15) is 11.1 Å². The minimum absolute atomic E-state index is 0.0534. The van der Waals surface area contributed by atoms with Gasteiger partial charge in [0.15, 0.2) is 0 Å². The predicted molar refractivity (Wildman–Crippen MR) is 77.6 cm³/mol. The molecule has 2 aromatic rings. The van der Waals surface area contributed by atoms with Gasteiger partial charge in [-0.05, 0) is 25.1 Å². The Morgan fingerprint density at radius 1 is 1.15 bits per heavy atom. The van der Waals surface area contributed by atoms with Crippen LogP contribution in [-0.2, 0) is 16.1 Å². The number of carbonyl (C=O) groups is 1. The summed E-state index contributed by atoms with van der Waals surface area (Å²) >= 11 is 0. The first kappa shape index (κ1) is 14.1. The fraction of sp³-hybridized carbons (Fsp3) is 0.188. The van der Waals surface area contributed by atoms with Gasteiger partial charge in [-0.15, -0.1) is 0 Å². The van der Waals surface area contributed by atoms with Gasteiger partial charge in [-0.2, -0.15) is 0 Å². The highest BCUT2D eigenvalue weighted by Crippen LogP contribution is 2.16. The molecule has 0 heterocycles. The average Bonchev–Trinajstić information content (AvgIpc) is 2.43. The average molecular weight is 271 g/mol. The van der Waals surface area contributed by atoms with Crippen molar-refractivity contribution >= 4 is 11.6 Å². The van der Waals surface area contributed by atoms with Crippen molar-refractivity contribution in [1.82, 2.24) is 0 Å². The summed E-state index contributed by atoms with van der Waals surface area (Å²) in [6.45, 7) is 2.14. The lowest BCUT2D eigenvalue weighted by molar-refractivity contribution is -0.121. The Morgan fingerprint density at radius 3 is 2.55 bits per heavy atom. The lowest BCUT2D eigenvalue weighted by Gasteiger charge is -2.07. The first-order chi connectivity index (χ1) is 9.65. The second-order valence-corrected chi connectivity index (χ2v) is 4.54. The molecule has 0 unspecified atom stereocenters. The van der Waals surface area contributed by atoms with E-state index >= 15 is 0 Å². The van der Waals surface area contributed by atoms with E-state index in [2.05, 4.69) is 5.32 Å². The Labute approximate surface area is 118 Å². The van der Waals surface area contributed by atoms with Crippen molar-refractivity contribution in [3.63, 3.8) is 0 Å². The van der Waals surface area contributed by atoms with Gasteiger partial charge in [-0.3, -0.25) is 4.79 Å². The van der Waals surface area contributed by atoms with Gasteiger partial charge >= 0.3 is 0 Å². The van der Waals surface area contributed by atoms with Crippen molar-refractivity contribution in [2.75, 3.05) is 11.9 Å². The van der Waals surface area contributed by atoms with E-state index in [1.165, 1.54) is 0 Å². The number of rotatable bonds is 5. The van der Waals surface area contributed by atoms with Crippen LogP contribution in [0.4, 0.5) is 5.69 Å². The van der Waals surface area contributed by atoms with Crippen molar-refractivity contribution in [3.8, 4) is 5.75 Å². The third-order valence-corrected chi connectivity index (χ3v) is 2.82. The number of hydrogen-bond acceptors (Lipinski definition) is 3. The number of phenolic OH excluding ortho intramolecular Hbond substituents is 1. The van der Waals surface area contributed by atoms with Crippen molar-refractivity contribution in [3.05, 3.63) is 59.7 Å². The van der Waals surface area contributed by atoms with E-state index in [0.717, 1.165) is 11.3 Å². The highest BCUT2D eigenvalue weighted by atomic mass is 16.5. The minimum atomic E-state index is -0.218. The number of aryl methyl sites for hydroxylation is 1.